The molecule has 2 N–H and O–H groups in total. The molecule has 0 aliphatic rings. The van der Waals surface area contributed by atoms with Crippen LogP contribution in [0.5, 0.6) is 0 Å². The molecule has 0 aliphatic heterocycles. The summed E-state index contributed by atoms with van der Waals surface area (Å²) in [5.74, 6) is 1.62. The summed E-state index contributed by atoms with van der Waals surface area (Å²) in [6, 6.07) is 8.10. The Balaban J connectivity index is 2.04. The summed E-state index contributed by atoms with van der Waals surface area (Å²) in [6.07, 6.45) is 1.55. The van der Waals surface area contributed by atoms with E-state index in [4.69, 9.17) is 10.3 Å². The minimum absolute atomic E-state index is 0.223. The van der Waals surface area contributed by atoms with Gasteiger partial charge < -0.3 is 10.3 Å². The Morgan fingerprint density at radius 2 is 2.06 bits per heavy atom. The van der Waals surface area contributed by atoms with E-state index >= 15 is 0 Å². The van der Waals surface area contributed by atoms with Gasteiger partial charge in [0.2, 0.25) is 5.89 Å². The molecule has 0 amide bonds. The summed E-state index contributed by atoms with van der Waals surface area (Å²) >= 11 is 3.41. The molecule has 2 aromatic rings. The Morgan fingerprint density at radius 1 is 1.33 bits per heavy atom. The second-order valence-electron chi connectivity index (χ2n) is 4.33. The number of benzene rings is 1. The van der Waals surface area contributed by atoms with Gasteiger partial charge in [-0.3, -0.25) is 0 Å². The van der Waals surface area contributed by atoms with Gasteiger partial charge in [-0.2, -0.15) is 4.98 Å². The lowest BCUT2D eigenvalue weighted by Gasteiger charge is -2.01. The predicted molar refractivity (Wildman–Crippen MR) is 73.3 cm³/mol. The average Bonchev–Trinajstić information content (AvgIpc) is 2.81. The average molecular weight is 310 g/mol. The minimum atomic E-state index is 0.223. The van der Waals surface area contributed by atoms with Crippen LogP contribution in [0.2, 0.25) is 0 Å². The first-order chi connectivity index (χ1) is 8.69. The van der Waals surface area contributed by atoms with Crippen molar-refractivity contribution >= 4 is 15.9 Å². The van der Waals surface area contributed by atoms with Crippen molar-refractivity contribution < 1.29 is 4.52 Å². The van der Waals surface area contributed by atoms with Crippen LogP contribution < -0.4 is 5.73 Å². The van der Waals surface area contributed by atoms with Gasteiger partial charge in [0.25, 0.3) is 0 Å². The van der Waals surface area contributed by atoms with Crippen molar-refractivity contribution in [3.05, 3.63) is 46.0 Å². The molecule has 1 heterocycles. The Labute approximate surface area is 115 Å². The van der Waals surface area contributed by atoms with Crippen LogP contribution >= 0.6 is 15.9 Å². The van der Waals surface area contributed by atoms with E-state index in [2.05, 4.69) is 26.1 Å². The standard InChI is InChI=1S/C13H16BrN3O/c1-9(6-7-15)13-16-12(17-18-13)8-10-2-4-11(14)5-3-10/h2-5,9H,6-8,15H2,1H3. The maximum atomic E-state index is 5.52. The molecule has 96 valence electrons. The number of nitrogens with zero attached hydrogens (tertiary/aromatic N) is 2. The summed E-state index contributed by atoms with van der Waals surface area (Å²) in [5.41, 5.74) is 6.68. The summed E-state index contributed by atoms with van der Waals surface area (Å²) in [4.78, 5) is 4.40. The van der Waals surface area contributed by atoms with Gasteiger partial charge in [0.1, 0.15) is 0 Å². The first-order valence-electron chi connectivity index (χ1n) is 5.96. The molecule has 18 heavy (non-hydrogen) atoms. The third-order valence-electron chi connectivity index (χ3n) is 2.78. The number of hydrogen-bond donors (Lipinski definition) is 1. The monoisotopic (exact) mass is 309 g/mol. The van der Waals surface area contributed by atoms with Crippen LogP contribution in [0.15, 0.2) is 33.3 Å². The van der Waals surface area contributed by atoms with Gasteiger partial charge in [0, 0.05) is 16.8 Å². The first kappa shape index (κ1) is 13.2. The third kappa shape index (κ3) is 3.40. The second kappa shape index (κ2) is 6.11. The van der Waals surface area contributed by atoms with Crippen LogP contribution in [-0.2, 0) is 6.42 Å². The van der Waals surface area contributed by atoms with E-state index < -0.39 is 0 Å². The first-order valence-corrected chi connectivity index (χ1v) is 6.75. The fourth-order valence-corrected chi connectivity index (χ4v) is 1.96. The second-order valence-corrected chi connectivity index (χ2v) is 5.25. The normalized spacial score (nSPS) is 12.6. The highest BCUT2D eigenvalue weighted by Crippen LogP contribution is 2.17. The van der Waals surface area contributed by atoms with E-state index in [1.165, 1.54) is 0 Å². The van der Waals surface area contributed by atoms with E-state index in [0.717, 1.165) is 22.3 Å². The van der Waals surface area contributed by atoms with Crippen LogP contribution in [0.25, 0.3) is 0 Å². The lowest BCUT2D eigenvalue weighted by atomic mass is 10.1. The van der Waals surface area contributed by atoms with Crippen LogP contribution in [0.3, 0.4) is 0 Å². The van der Waals surface area contributed by atoms with Crippen molar-refractivity contribution in [1.82, 2.24) is 10.1 Å². The summed E-state index contributed by atoms with van der Waals surface area (Å²) in [6.45, 7) is 2.68. The van der Waals surface area contributed by atoms with Gasteiger partial charge in [-0.15, -0.1) is 0 Å². The van der Waals surface area contributed by atoms with Crippen molar-refractivity contribution in [2.45, 2.75) is 25.7 Å². The Bertz CT molecular complexity index is 495. The van der Waals surface area contributed by atoms with Crippen LogP contribution in [-0.4, -0.2) is 16.7 Å². The van der Waals surface area contributed by atoms with Gasteiger partial charge >= 0.3 is 0 Å². The zero-order valence-corrected chi connectivity index (χ0v) is 11.9. The van der Waals surface area contributed by atoms with Crippen LogP contribution in [0, 0.1) is 0 Å². The molecule has 0 saturated carbocycles. The number of rotatable bonds is 5. The smallest absolute Gasteiger partial charge is 0.229 e. The SMILES string of the molecule is CC(CCN)c1nc(Cc2ccc(Br)cc2)no1. The number of hydrogen-bond acceptors (Lipinski definition) is 4. The molecule has 0 spiro atoms. The van der Waals surface area contributed by atoms with Crippen molar-refractivity contribution in [3.63, 3.8) is 0 Å². The lowest BCUT2D eigenvalue weighted by molar-refractivity contribution is 0.351. The van der Waals surface area contributed by atoms with E-state index in [9.17, 15) is 0 Å². The molecule has 5 heteroatoms. The molecule has 0 aliphatic carbocycles. The quantitative estimate of drug-likeness (QED) is 0.922. The van der Waals surface area contributed by atoms with Crippen molar-refractivity contribution in [2.75, 3.05) is 6.54 Å². The van der Waals surface area contributed by atoms with E-state index in [-0.39, 0.29) is 5.92 Å². The molecule has 0 bridgehead atoms. The van der Waals surface area contributed by atoms with Crippen LogP contribution in [0.4, 0.5) is 0 Å². The number of halogens is 1. The van der Waals surface area contributed by atoms with Gasteiger partial charge in [-0.25, -0.2) is 0 Å². The van der Waals surface area contributed by atoms with E-state index in [0.29, 0.717) is 18.9 Å². The molecule has 2 rings (SSSR count). The van der Waals surface area contributed by atoms with E-state index in [1.54, 1.807) is 0 Å². The predicted octanol–water partition coefficient (Wildman–Crippen LogP) is 2.88. The molecule has 1 atom stereocenters. The fraction of sp³-hybridized carbons (Fsp3) is 0.385. The largest absolute Gasteiger partial charge is 0.339 e. The molecular weight excluding hydrogens is 294 g/mol. The van der Waals surface area contributed by atoms with Gasteiger partial charge in [0.15, 0.2) is 5.82 Å². The molecule has 0 radical (unpaired) electrons. The number of nitrogens with two attached hydrogens (primary N) is 1. The lowest BCUT2D eigenvalue weighted by Crippen LogP contribution is -2.04. The van der Waals surface area contributed by atoms with Gasteiger partial charge in [-0.05, 0) is 30.7 Å². The molecule has 4 nitrogen and oxygen atoms in total. The molecule has 1 aromatic carbocycles. The zero-order valence-electron chi connectivity index (χ0n) is 10.3. The summed E-state index contributed by atoms with van der Waals surface area (Å²) in [7, 11) is 0. The van der Waals surface area contributed by atoms with Crippen molar-refractivity contribution in [3.8, 4) is 0 Å². The Hall–Kier alpha value is -1.20. The van der Waals surface area contributed by atoms with Gasteiger partial charge in [-0.1, -0.05) is 40.1 Å². The molecular formula is C13H16BrN3O. The topological polar surface area (TPSA) is 64.9 Å². The highest BCUT2D eigenvalue weighted by Gasteiger charge is 2.13. The summed E-state index contributed by atoms with van der Waals surface area (Å²) in [5, 5.41) is 4.00. The summed E-state index contributed by atoms with van der Waals surface area (Å²) < 4.78 is 6.32. The maximum Gasteiger partial charge on any atom is 0.229 e. The van der Waals surface area contributed by atoms with Crippen LogP contribution in [0.1, 0.15) is 36.5 Å². The fourth-order valence-electron chi connectivity index (χ4n) is 1.70. The van der Waals surface area contributed by atoms with Gasteiger partial charge in [0.05, 0.1) is 0 Å². The third-order valence-corrected chi connectivity index (χ3v) is 3.31. The van der Waals surface area contributed by atoms with Crippen molar-refractivity contribution in [1.29, 1.82) is 0 Å². The maximum absolute atomic E-state index is 5.52. The molecule has 0 fully saturated rings. The molecule has 1 aromatic heterocycles. The van der Waals surface area contributed by atoms with Crippen molar-refractivity contribution in [2.24, 2.45) is 5.73 Å². The molecule has 0 saturated heterocycles. The zero-order chi connectivity index (χ0) is 13.0. The number of aromatic nitrogens is 2. The Kier molecular flexibility index (Phi) is 4.49. The van der Waals surface area contributed by atoms with E-state index in [1.807, 2.05) is 31.2 Å². The highest BCUT2D eigenvalue weighted by atomic mass is 79.9. The highest BCUT2D eigenvalue weighted by molar-refractivity contribution is 9.10. The minimum Gasteiger partial charge on any atom is -0.339 e. The molecule has 1 unspecified atom stereocenters. The Morgan fingerprint density at radius 3 is 2.72 bits per heavy atom.